The number of unbranched alkanes of at least 4 members (excludes halogenated alkanes) is 6. The summed E-state index contributed by atoms with van der Waals surface area (Å²) >= 11 is 0. The summed E-state index contributed by atoms with van der Waals surface area (Å²) in [5.41, 5.74) is 2.56. The molecule has 0 aliphatic rings. The second-order valence-corrected chi connectivity index (χ2v) is 11.0. The zero-order chi connectivity index (χ0) is 26.2. The summed E-state index contributed by atoms with van der Waals surface area (Å²) in [5.74, 6) is 0.650. The Bertz CT molecular complexity index is 865. The zero-order valence-corrected chi connectivity index (χ0v) is 23.5. The summed E-state index contributed by atoms with van der Waals surface area (Å²) < 4.78 is 12.7. The number of carbonyl (C=O) groups excluding carboxylic acids is 1. The van der Waals surface area contributed by atoms with Gasteiger partial charge in [-0.1, -0.05) is 101 Å². The molecule has 200 valence electrons. The molecule has 36 heavy (non-hydrogen) atoms. The van der Waals surface area contributed by atoms with Crippen LogP contribution >= 0.6 is 0 Å². The minimum absolute atomic E-state index is 0.130. The van der Waals surface area contributed by atoms with E-state index in [0.29, 0.717) is 0 Å². The van der Waals surface area contributed by atoms with E-state index in [9.17, 15) is 4.79 Å². The van der Waals surface area contributed by atoms with Crippen LogP contribution in [0.3, 0.4) is 0 Å². The van der Waals surface area contributed by atoms with Crippen molar-refractivity contribution in [2.24, 2.45) is 5.92 Å². The van der Waals surface area contributed by atoms with Crippen molar-refractivity contribution in [2.45, 2.75) is 91.2 Å². The predicted octanol–water partition coefficient (Wildman–Crippen LogP) is 7.59. The van der Waals surface area contributed by atoms with Gasteiger partial charge in [-0.3, -0.25) is 4.79 Å². The minimum Gasteiger partial charge on any atom is -0.487 e. The summed E-state index contributed by atoms with van der Waals surface area (Å²) in [6.45, 7) is 8.34. The van der Waals surface area contributed by atoms with Crippen LogP contribution in [0.5, 0.6) is 5.75 Å². The van der Waals surface area contributed by atoms with Gasteiger partial charge in [0.05, 0.1) is 26.6 Å². The van der Waals surface area contributed by atoms with Crippen LogP contribution in [0, 0.1) is 5.92 Å². The number of hydrogen-bond donors (Lipinski definition) is 0. The second kappa shape index (κ2) is 16.4. The Morgan fingerprint density at radius 3 is 2.22 bits per heavy atom. The molecule has 4 heteroatoms. The van der Waals surface area contributed by atoms with Gasteiger partial charge in [0.2, 0.25) is 0 Å². The summed E-state index contributed by atoms with van der Waals surface area (Å²) in [6, 6.07) is 18.8. The quantitative estimate of drug-likeness (QED) is 0.121. The number of nitrogens with zero attached hydrogens (tertiary/aromatic N) is 1. The van der Waals surface area contributed by atoms with Crippen LogP contribution in [0.25, 0.3) is 0 Å². The maximum Gasteiger partial charge on any atom is 0.309 e. The third-order valence-corrected chi connectivity index (χ3v) is 6.83. The summed E-state index contributed by atoms with van der Waals surface area (Å²) in [4.78, 5) is 12.6. The molecule has 2 rings (SSSR count). The lowest BCUT2D eigenvalue weighted by molar-refractivity contribution is -0.904. The molecule has 0 saturated carbocycles. The van der Waals surface area contributed by atoms with Gasteiger partial charge in [0, 0.05) is 12.0 Å². The molecule has 0 fully saturated rings. The van der Waals surface area contributed by atoms with Crippen LogP contribution in [0.2, 0.25) is 0 Å². The van der Waals surface area contributed by atoms with Crippen molar-refractivity contribution < 1.29 is 18.8 Å². The fourth-order valence-electron chi connectivity index (χ4n) is 4.51. The molecule has 0 N–H and O–H groups in total. The first-order chi connectivity index (χ1) is 17.3. The van der Waals surface area contributed by atoms with E-state index in [0.717, 1.165) is 36.2 Å². The summed E-state index contributed by atoms with van der Waals surface area (Å²) in [7, 11) is 4.43. The highest BCUT2D eigenvalue weighted by Gasteiger charge is 2.22. The van der Waals surface area contributed by atoms with Crippen LogP contribution in [0.4, 0.5) is 0 Å². The number of hydrogen-bond acceptors (Lipinski definition) is 3. The second-order valence-electron chi connectivity index (χ2n) is 11.0. The van der Waals surface area contributed by atoms with Gasteiger partial charge in [0.1, 0.15) is 25.0 Å². The van der Waals surface area contributed by atoms with E-state index in [4.69, 9.17) is 9.47 Å². The fourth-order valence-corrected chi connectivity index (χ4v) is 4.51. The number of carbonyl (C=O) groups is 1. The van der Waals surface area contributed by atoms with E-state index >= 15 is 0 Å². The van der Waals surface area contributed by atoms with Crippen LogP contribution < -0.4 is 4.74 Å². The maximum absolute atomic E-state index is 12.6. The Balaban J connectivity index is 1.71. The van der Waals surface area contributed by atoms with Gasteiger partial charge in [-0.2, -0.15) is 0 Å². The van der Waals surface area contributed by atoms with Gasteiger partial charge in [-0.15, -0.1) is 0 Å². The van der Waals surface area contributed by atoms with E-state index in [-0.39, 0.29) is 24.6 Å². The third kappa shape index (κ3) is 12.1. The fraction of sp³-hybridized carbons (Fsp3) is 0.594. The van der Waals surface area contributed by atoms with Crippen LogP contribution in [-0.2, 0) is 22.5 Å². The molecule has 0 aliphatic heterocycles. The predicted molar refractivity (Wildman–Crippen MR) is 150 cm³/mol. The molecule has 2 aromatic carbocycles. The van der Waals surface area contributed by atoms with E-state index in [1.807, 2.05) is 32.0 Å². The van der Waals surface area contributed by atoms with E-state index < -0.39 is 0 Å². The summed E-state index contributed by atoms with van der Waals surface area (Å²) in [5, 5.41) is 0. The molecule has 0 heterocycles. The Hall–Kier alpha value is -2.33. The van der Waals surface area contributed by atoms with Gasteiger partial charge < -0.3 is 14.0 Å². The van der Waals surface area contributed by atoms with Crippen molar-refractivity contribution in [2.75, 3.05) is 27.2 Å². The molecule has 0 bridgehead atoms. The Kier molecular flexibility index (Phi) is 13.6. The number of ether oxygens (including phenoxy) is 2. The van der Waals surface area contributed by atoms with Gasteiger partial charge >= 0.3 is 5.97 Å². The Morgan fingerprint density at radius 2 is 1.50 bits per heavy atom. The smallest absolute Gasteiger partial charge is 0.309 e. The van der Waals surface area contributed by atoms with Crippen molar-refractivity contribution in [3.05, 3.63) is 65.7 Å². The number of quaternary nitrogens is 1. The number of rotatable bonds is 18. The van der Waals surface area contributed by atoms with Gasteiger partial charge in [0.25, 0.3) is 0 Å². The highest BCUT2D eigenvalue weighted by molar-refractivity contribution is 5.71. The van der Waals surface area contributed by atoms with Crippen molar-refractivity contribution in [1.29, 1.82) is 0 Å². The first-order valence-corrected chi connectivity index (χ1v) is 14.1. The number of benzene rings is 2. The van der Waals surface area contributed by atoms with Crippen molar-refractivity contribution in [1.82, 2.24) is 0 Å². The Labute approximate surface area is 220 Å². The molecule has 0 spiro atoms. The number of esters is 1. The molecule has 0 radical (unpaired) electrons. The van der Waals surface area contributed by atoms with Gasteiger partial charge in [0.15, 0.2) is 0 Å². The minimum atomic E-state index is -0.179. The van der Waals surface area contributed by atoms with Crippen molar-refractivity contribution in [3.8, 4) is 5.75 Å². The molecule has 0 aromatic heterocycles. The molecular weight excluding hydrogens is 446 g/mol. The highest BCUT2D eigenvalue weighted by Crippen LogP contribution is 2.22. The van der Waals surface area contributed by atoms with Crippen molar-refractivity contribution in [3.63, 3.8) is 0 Å². The highest BCUT2D eigenvalue weighted by atomic mass is 16.6. The number of aryl methyl sites for hydroxylation is 1. The average molecular weight is 497 g/mol. The van der Waals surface area contributed by atoms with E-state index in [1.165, 1.54) is 56.1 Å². The molecule has 0 saturated heterocycles. The van der Waals surface area contributed by atoms with E-state index in [1.54, 1.807) is 0 Å². The molecule has 0 amide bonds. The van der Waals surface area contributed by atoms with Gasteiger partial charge in [-0.25, -0.2) is 0 Å². The molecular formula is C32H50NO3+. The number of para-hydroxylation sites is 1. The SMILES string of the molecule is CCCCCCCCCc1ccccc1OC(C)COC(=O)C(C)CC[N+](C)(C)Cc1ccccc1. The third-order valence-electron chi connectivity index (χ3n) is 6.83. The molecule has 2 unspecified atom stereocenters. The van der Waals surface area contributed by atoms with Crippen LogP contribution in [0.15, 0.2) is 54.6 Å². The largest absolute Gasteiger partial charge is 0.487 e. The molecule has 0 aliphatic carbocycles. The summed E-state index contributed by atoms with van der Waals surface area (Å²) in [6.07, 6.45) is 10.8. The average Bonchev–Trinajstić information content (AvgIpc) is 2.86. The first kappa shape index (κ1) is 29.9. The normalized spacial score (nSPS) is 13.2. The van der Waals surface area contributed by atoms with Gasteiger partial charge in [-0.05, 0) is 31.4 Å². The lowest BCUT2D eigenvalue weighted by atomic mass is 10.0. The molecule has 4 nitrogen and oxygen atoms in total. The first-order valence-electron chi connectivity index (χ1n) is 14.1. The zero-order valence-electron chi connectivity index (χ0n) is 23.5. The monoisotopic (exact) mass is 496 g/mol. The molecule has 2 aromatic rings. The lowest BCUT2D eigenvalue weighted by Crippen LogP contribution is -2.40. The topological polar surface area (TPSA) is 35.5 Å². The lowest BCUT2D eigenvalue weighted by Gasteiger charge is -2.30. The van der Waals surface area contributed by atoms with E-state index in [2.05, 4.69) is 57.4 Å². The van der Waals surface area contributed by atoms with Crippen LogP contribution in [-0.4, -0.2) is 43.8 Å². The maximum atomic E-state index is 12.6. The molecule has 2 atom stereocenters. The van der Waals surface area contributed by atoms with Crippen molar-refractivity contribution >= 4 is 5.97 Å². The standard InChI is InChI=1S/C32H50NO3/c1-6-7-8-9-10-11-15-20-30-21-16-17-22-31(30)36-28(3)26-35-32(34)27(2)23-24-33(4,5)25-29-18-13-12-14-19-29/h12-14,16-19,21-22,27-28H,6-11,15,20,23-26H2,1-5H3/q+1. The Morgan fingerprint density at radius 1 is 0.861 bits per heavy atom. The van der Waals surface area contributed by atoms with Crippen LogP contribution in [0.1, 0.15) is 83.3 Å².